The average molecular weight is 392 g/mol. The Morgan fingerprint density at radius 1 is 1.18 bits per heavy atom. The summed E-state index contributed by atoms with van der Waals surface area (Å²) in [6.45, 7) is 4.17. The fourth-order valence-corrected chi connectivity index (χ4v) is 3.50. The number of carbonyl (C=O) groups excluding carboxylic acids is 1. The van der Waals surface area contributed by atoms with Crippen LogP contribution in [0.2, 0.25) is 5.15 Å². The van der Waals surface area contributed by atoms with E-state index in [2.05, 4.69) is 16.0 Å². The predicted molar refractivity (Wildman–Crippen MR) is 109 cm³/mol. The summed E-state index contributed by atoms with van der Waals surface area (Å²) < 4.78 is 0. The van der Waals surface area contributed by atoms with Crippen LogP contribution in [-0.4, -0.2) is 27.9 Å². The number of carbonyl (C=O) groups is 1. The monoisotopic (exact) mass is 391 g/mol. The Morgan fingerprint density at radius 3 is 2.57 bits per heavy atom. The molecule has 0 saturated carbocycles. The summed E-state index contributed by atoms with van der Waals surface area (Å²) in [4.78, 5) is 25.2. The van der Waals surface area contributed by atoms with Crippen LogP contribution in [0.3, 0.4) is 0 Å². The molecule has 7 heteroatoms. The molecule has 1 aliphatic rings. The van der Waals surface area contributed by atoms with Crippen molar-refractivity contribution in [2.45, 2.75) is 25.8 Å². The minimum atomic E-state index is -0.606. The summed E-state index contributed by atoms with van der Waals surface area (Å²) in [5.74, 6) is 0. The van der Waals surface area contributed by atoms with E-state index in [9.17, 15) is 10.1 Å². The summed E-state index contributed by atoms with van der Waals surface area (Å²) in [5.41, 5.74) is 3.83. The average Bonchev–Trinajstić information content (AvgIpc) is 2.69. The summed E-state index contributed by atoms with van der Waals surface area (Å²) in [6, 6.07) is 13.1. The van der Waals surface area contributed by atoms with E-state index in [0.29, 0.717) is 34.1 Å². The number of hydrogen-bond donors (Lipinski definition) is 0. The smallest absolute Gasteiger partial charge is 0.323 e. The zero-order chi connectivity index (χ0) is 20.1. The highest BCUT2D eigenvalue weighted by Gasteiger charge is 2.32. The Bertz CT molecular complexity index is 1130. The lowest BCUT2D eigenvalue weighted by atomic mass is 9.86. The molecule has 0 saturated heterocycles. The third-order valence-corrected chi connectivity index (χ3v) is 5.21. The van der Waals surface area contributed by atoms with Gasteiger partial charge in [-0.3, -0.25) is 9.88 Å². The number of hydrogen-bond acceptors (Lipinski definition) is 4. The van der Waals surface area contributed by atoms with E-state index < -0.39 is 5.41 Å². The molecule has 6 nitrogen and oxygen atoms in total. The van der Waals surface area contributed by atoms with Gasteiger partial charge >= 0.3 is 6.03 Å². The number of nitriles is 1. The number of benzene rings is 1. The van der Waals surface area contributed by atoms with Crippen molar-refractivity contribution in [2.75, 3.05) is 11.9 Å². The topological polar surface area (TPSA) is 73.1 Å². The Labute approximate surface area is 168 Å². The molecule has 1 aliphatic heterocycles. The van der Waals surface area contributed by atoms with Crippen molar-refractivity contribution in [1.29, 1.82) is 5.26 Å². The Morgan fingerprint density at radius 2 is 1.89 bits per heavy atom. The van der Waals surface area contributed by atoms with Gasteiger partial charge in [-0.1, -0.05) is 23.7 Å². The molecule has 2 amide bonds. The summed E-state index contributed by atoms with van der Waals surface area (Å²) in [7, 11) is 1.75. The number of pyridine rings is 2. The molecule has 4 rings (SSSR count). The molecule has 1 aromatic carbocycles. The summed E-state index contributed by atoms with van der Waals surface area (Å²) in [6.07, 6.45) is 1.77. The molecule has 3 heterocycles. The van der Waals surface area contributed by atoms with Crippen molar-refractivity contribution in [2.24, 2.45) is 0 Å². The van der Waals surface area contributed by atoms with Gasteiger partial charge in [-0.25, -0.2) is 9.78 Å². The van der Waals surface area contributed by atoms with E-state index in [0.717, 1.165) is 11.1 Å². The quantitative estimate of drug-likeness (QED) is 0.589. The van der Waals surface area contributed by atoms with Gasteiger partial charge in [0.25, 0.3) is 0 Å². The number of anilines is 2. The van der Waals surface area contributed by atoms with Crippen LogP contribution in [0.25, 0.3) is 11.0 Å². The number of halogens is 1. The molecule has 0 radical (unpaired) electrons. The number of rotatable bonds is 2. The van der Waals surface area contributed by atoms with Gasteiger partial charge in [-0.2, -0.15) is 5.26 Å². The van der Waals surface area contributed by atoms with Gasteiger partial charge in [0.05, 0.1) is 34.9 Å². The van der Waals surface area contributed by atoms with Crippen molar-refractivity contribution < 1.29 is 4.79 Å². The van der Waals surface area contributed by atoms with Crippen molar-refractivity contribution in [3.8, 4) is 6.07 Å². The molecule has 28 heavy (non-hydrogen) atoms. The highest BCUT2D eigenvalue weighted by molar-refractivity contribution is 6.30. The van der Waals surface area contributed by atoms with Crippen LogP contribution in [0.4, 0.5) is 16.2 Å². The molecule has 0 fully saturated rings. The normalized spacial score (nSPS) is 14.2. The van der Waals surface area contributed by atoms with Crippen LogP contribution in [0.5, 0.6) is 0 Å². The second-order valence-corrected chi connectivity index (χ2v) is 7.78. The fraction of sp³-hybridized carbons (Fsp3) is 0.238. The minimum absolute atomic E-state index is 0.158. The fourth-order valence-electron chi connectivity index (χ4n) is 3.35. The van der Waals surface area contributed by atoms with Crippen LogP contribution in [0.1, 0.15) is 25.0 Å². The predicted octanol–water partition coefficient (Wildman–Crippen LogP) is 4.79. The molecule has 140 valence electrons. The molecule has 0 unspecified atom stereocenters. The van der Waals surface area contributed by atoms with Crippen LogP contribution in [0.15, 0.2) is 42.6 Å². The molecule has 0 bridgehead atoms. The van der Waals surface area contributed by atoms with Crippen molar-refractivity contribution in [1.82, 2.24) is 14.9 Å². The molecule has 0 aliphatic carbocycles. The first-order valence-electron chi connectivity index (χ1n) is 8.83. The first kappa shape index (κ1) is 18.2. The molecular formula is C21H18ClN5O. The maximum Gasteiger partial charge on any atom is 0.329 e. The molecular weight excluding hydrogens is 374 g/mol. The van der Waals surface area contributed by atoms with E-state index in [-0.39, 0.29) is 6.03 Å². The van der Waals surface area contributed by atoms with Gasteiger partial charge in [0.15, 0.2) is 0 Å². The molecule has 0 spiro atoms. The van der Waals surface area contributed by atoms with Crippen LogP contribution in [0, 0.1) is 11.3 Å². The van der Waals surface area contributed by atoms with Gasteiger partial charge in [-0.05, 0) is 43.7 Å². The second kappa shape index (κ2) is 6.47. The number of urea groups is 1. The minimum Gasteiger partial charge on any atom is -0.323 e. The maximum absolute atomic E-state index is 13.1. The van der Waals surface area contributed by atoms with Crippen LogP contribution >= 0.6 is 11.6 Å². The lowest BCUT2D eigenvalue weighted by Gasteiger charge is -2.35. The number of nitrogens with zero attached hydrogens (tertiary/aromatic N) is 5. The van der Waals surface area contributed by atoms with Crippen molar-refractivity contribution >= 4 is 40.0 Å². The zero-order valence-electron chi connectivity index (χ0n) is 15.8. The first-order chi connectivity index (χ1) is 13.3. The lowest BCUT2D eigenvalue weighted by Crippen LogP contribution is -2.42. The molecule has 3 aromatic rings. The Hall–Kier alpha value is -3.17. The largest absolute Gasteiger partial charge is 0.329 e. The standard InChI is InChI=1S/C21H18ClN5O/c1-21(2,12-23)14-4-6-15(7-5-14)27-19-13(11-26(3)20(27)28)10-24-16-8-9-17(22)25-18(16)19/h4-10H,11H2,1-3H3. The van der Waals surface area contributed by atoms with E-state index in [1.807, 2.05) is 38.1 Å². The van der Waals surface area contributed by atoms with Gasteiger partial charge in [0.2, 0.25) is 0 Å². The highest BCUT2D eigenvalue weighted by Crippen LogP contribution is 2.39. The zero-order valence-corrected chi connectivity index (χ0v) is 16.5. The van der Waals surface area contributed by atoms with E-state index in [1.165, 1.54) is 0 Å². The van der Waals surface area contributed by atoms with Gasteiger partial charge in [0.1, 0.15) is 10.7 Å². The molecule has 0 atom stereocenters. The van der Waals surface area contributed by atoms with Gasteiger partial charge in [0, 0.05) is 18.8 Å². The van der Waals surface area contributed by atoms with E-state index in [4.69, 9.17) is 11.6 Å². The Kier molecular flexibility index (Phi) is 4.20. The third-order valence-electron chi connectivity index (χ3n) is 5.00. The molecule has 0 N–H and O–H groups in total. The SMILES string of the molecule is CN1Cc2cnc3ccc(Cl)nc3c2N(c2ccc(C(C)(C)C#N)cc2)C1=O. The third kappa shape index (κ3) is 2.85. The lowest BCUT2D eigenvalue weighted by molar-refractivity contribution is 0.213. The van der Waals surface area contributed by atoms with Crippen LogP contribution < -0.4 is 4.90 Å². The van der Waals surface area contributed by atoms with Crippen LogP contribution in [-0.2, 0) is 12.0 Å². The van der Waals surface area contributed by atoms with E-state index >= 15 is 0 Å². The van der Waals surface area contributed by atoms with Crippen molar-refractivity contribution in [3.63, 3.8) is 0 Å². The summed E-state index contributed by atoms with van der Waals surface area (Å²) >= 11 is 6.12. The van der Waals surface area contributed by atoms with Crippen molar-refractivity contribution in [3.05, 3.63) is 58.9 Å². The van der Waals surface area contributed by atoms with E-state index in [1.54, 1.807) is 35.2 Å². The first-order valence-corrected chi connectivity index (χ1v) is 9.21. The maximum atomic E-state index is 13.1. The molecule has 2 aromatic heterocycles. The van der Waals surface area contributed by atoms with Gasteiger partial charge in [-0.15, -0.1) is 0 Å². The van der Waals surface area contributed by atoms with Gasteiger partial charge < -0.3 is 4.90 Å². The highest BCUT2D eigenvalue weighted by atomic mass is 35.5. The number of aromatic nitrogens is 2. The Balaban J connectivity index is 1.92. The summed E-state index contributed by atoms with van der Waals surface area (Å²) in [5, 5.41) is 9.72. The number of fused-ring (bicyclic) bond motifs is 3. The second-order valence-electron chi connectivity index (χ2n) is 7.39. The number of amides is 2.